The van der Waals surface area contributed by atoms with E-state index in [2.05, 4.69) is 0 Å². The van der Waals surface area contributed by atoms with Crippen LogP contribution in [0.3, 0.4) is 0 Å². The monoisotopic (exact) mass is 506 g/mol. The van der Waals surface area contributed by atoms with E-state index in [0.29, 0.717) is 0 Å². The van der Waals surface area contributed by atoms with Crippen LogP contribution < -0.4 is 5.73 Å². The molecule has 0 aromatic heterocycles. The summed E-state index contributed by atoms with van der Waals surface area (Å²) in [4.78, 5) is 37.3. The van der Waals surface area contributed by atoms with Gasteiger partial charge in [0.1, 0.15) is 18.3 Å². The molecular formula is C20H31N2O11P. The molecule has 3 rings (SSSR count). The Morgan fingerprint density at radius 1 is 1.32 bits per heavy atom. The highest BCUT2D eigenvalue weighted by atomic mass is 31.2. The van der Waals surface area contributed by atoms with Gasteiger partial charge in [-0.2, -0.15) is 0 Å². The summed E-state index contributed by atoms with van der Waals surface area (Å²) in [5.74, 6) is -1.47. The number of ether oxygens (including phenoxy) is 4. The number of carbonyl (C=O) groups is 3. The first-order valence-corrected chi connectivity index (χ1v) is 12.2. The fourth-order valence-electron chi connectivity index (χ4n) is 3.90. The average molecular weight is 506 g/mol. The molecule has 14 heteroatoms. The van der Waals surface area contributed by atoms with Crippen molar-refractivity contribution in [2.75, 3.05) is 27.4 Å². The highest BCUT2D eigenvalue weighted by molar-refractivity contribution is 7.48. The maximum Gasteiger partial charge on any atom is 0.475 e. The zero-order valence-electron chi connectivity index (χ0n) is 19.7. The Balaban J connectivity index is 1.68. The topological polar surface area (TPSA) is 162 Å². The van der Waals surface area contributed by atoms with Gasteiger partial charge in [0.05, 0.1) is 31.3 Å². The number of hydrogen-bond acceptors (Lipinski definition) is 12. The highest BCUT2D eigenvalue weighted by Crippen LogP contribution is 2.57. The van der Waals surface area contributed by atoms with Crippen molar-refractivity contribution in [2.45, 2.75) is 69.5 Å². The van der Waals surface area contributed by atoms with Gasteiger partial charge in [-0.1, -0.05) is 0 Å². The Labute approximate surface area is 197 Å². The summed E-state index contributed by atoms with van der Waals surface area (Å²) in [6.07, 6.45) is -2.91. The fourth-order valence-corrected chi connectivity index (χ4v) is 5.39. The first kappa shape index (κ1) is 26.9. The van der Waals surface area contributed by atoms with E-state index in [1.807, 2.05) is 0 Å². The van der Waals surface area contributed by atoms with E-state index < -0.39 is 55.9 Å². The maximum absolute atomic E-state index is 13.2. The summed E-state index contributed by atoms with van der Waals surface area (Å²) in [5.41, 5.74) is 5.15. The smallest absolute Gasteiger partial charge is 0.461 e. The lowest BCUT2D eigenvalue weighted by atomic mass is 9.92. The molecular weight excluding hydrogens is 475 g/mol. The van der Waals surface area contributed by atoms with E-state index in [9.17, 15) is 18.9 Å². The number of hydrogen-bond donors (Lipinski definition) is 1. The molecule has 1 amide bonds. The van der Waals surface area contributed by atoms with Crippen LogP contribution in [0.25, 0.3) is 0 Å². The molecule has 2 saturated heterocycles. The van der Waals surface area contributed by atoms with Crippen molar-refractivity contribution >= 4 is 25.5 Å². The zero-order chi connectivity index (χ0) is 25.3. The molecule has 0 aliphatic carbocycles. The van der Waals surface area contributed by atoms with Crippen LogP contribution in [0.15, 0.2) is 12.3 Å². The summed E-state index contributed by atoms with van der Waals surface area (Å²) < 4.78 is 51.1. The predicted molar refractivity (Wildman–Crippen MR) is 114 cm³/mol. The number of nitrogens with zero attached hydrogens (tertiary/aromatic N) is 1. The van der Waals surface area contributed by atoms with E-state index in [0.717, 1.165) is 0 Å². The summed E-state index contributed by atoms with van der Waals surface area (Å²) in [7, 11) is -1.52. The van der Waals surface area contributed by atoms with Gasteiger partial charge in [0, 0.05) is 20.4 Å². The molecule has 3 aliphatic rings. The average Bonchev–Trinajstić information content (AvgIpc) is 3.00. The molecule has 0 radical (unpaired) electrons. The minimum absolute atomic E-state index is 0.184. The van der Waals surface area contributed by atoms with Crippen molar-refractivity contribution < 1.29 is 51.5 Å². The standard InChI is InChI=1S/C20H31N2O11P/c1-11(2)31-18(25)16(28-5)13(27-4)9-29-34(26)30-10-14-17(33-34)20(3,21)19(32-14)22-7-6-12(23)8-15(22)24/h6-7,11,13-14,16-17,19H,8-10,21H2,1-5H3/t13-,14-,16-,17-,19-,20-,34+/m1/s1. The number of esters is 1. The third-order valence-corrected chi connectivity index (χ3v) is 7.00. The number of phosphoric ester groups is 1. The van der Waals surface area contributed by atoms with Gasteiger partial charge in [-0.3, -0.25) is 28.1 Å². The van der Waals surface area contributed by atoms with Crippen LogP contribution >= 0.6 is 7.82 Å². The van der Waals surface area contributed by atoms with Crippen LogP contribution in [0.4, 0.5) is 0 Å². The van der Waals surface area contributed by atoms with Gasteiger partial charge in [-0.05, 0) is 26.8 Å². The van der Waals surface area contributed by atoms with Crippen molar-refractivity contribution in [1.82, 2.24) is 4.90 Å². The van der Waals surface area contributed by atoms with Gasteiger partial charge in [0.2, 0.25) is 5.91 Å². The lowest BCUT2D eigenvalue weighted by Crippen LogP contribution is -2.60. The largest absolute Gasteiger partial charge is 0.475 e. The fraction of sp³-hybridized carbons (Fsp3) is 0.750. The number of fused-ring (bicyclic) bond motifs is 1. The summed E-state index contributed by atoms with van der Waals surface area (Å²) in [6, 6.07) is 0. The molecule has 3 heterocycles. The summed E-state index contributed by atoms with van der Waals surface area (Å²) >= 11 is 0. The number of allylic oxidation sites excluding steroid dienone is 1. The highest BCUT2D eigenvalue weighted by Gasteiger charge is 2.60. The Bertz CT molecular complexity index is 877. The normalized spacial score (nSPS) is 35.4. The number of phosphoric acid groups is 1. The lowest BCUT2D eigenvalue weighted by molar-refractivity contribution is -0.170. The number of methoxy groups -OCH3 is 2. The number of carbonyl (C=O) groups excluding carboxylic acids is 3. The molecule has 3 aliphatic heterocycles. The molecule has 0 aromatic rings. The Kier molecular flexibility index (Phi) is 8.31. The molecule has 0 bridgehead atoms. The van der Waals surface area contributed by atoms with Crippen LogP contribution in [-0.4, -0.2) is 92.3 Å². The Morgan fingerprint density at radius 3 is 2.62 bits per heavy atom. The van der Waals surface area contributed by atoms with Crippen LogP contribution in [0.2, 0.25) is 0 Å². The zero-order valence-corrected chi connectivity index (χ0v) is 20.6. The molecule has 0 unspecified atom stereocenters. The molecule has 0 spiro atoms. The first-order chi connectivity index (χ1) is 15.9. The number of amides is 1. The minimum atomic E-state index is -4.15. The molecule has 2 N–H and O–H groups in total. The van der Waals surface area contributed by atoms with Gasteiger partial charge < -0.3 is 24.7 Å². The number of ketones is 1. The van der Waals surface area contributed by atoms with Crippen LogP contribution in [0, 0.1) is 0 Å². The molecule has 2 fully saturated rings. The van der Waals surface area contributed by atoms with E-state index >= 15 is 0 Å². The lowest BCUT2D eigenvalue weighted by Gasteiger charge is -2.38. The van der Waals surface area contributed by atoms with Crippen LogP contribution in [-0.2, 0) is 51.5 Å². The van der Waals surface area contributed by atoms with E-state index in [-0.39, 0.29) is 31.5 Å². The SMILES string of the molecule is CO[C@H](CO[P@@]1(=O)OC[C@H]2O[C@@H](N3C=CC(=O)CC3=O)[C@](C)(N)[C@@H]2O1)[C@@H](OC)C(=O)OC(C)C. The molecule has 34 heavy (non-hydrogen) atoms. The maximum atomic E-state index is 13.2. The van der Waals surface area contributed by atoms with E-state index in [1.165, 1.54) is 31.4 Å². The number of nitrogens with two attached hydrogens (primary N) is 1. The third-order valence-electron chi connectivity index (χ3n) is 5.59. The second-order valence-corrected chi connectivity index (χ2v) is 10.3. The quantitative estimate of drug-likeness (QED) is 0.258. The Hall–Kier alpha value is -1.70. The van der Waals surface area contributed by atoms with E-state index in [4.69, 9.17) is 38.3 Å². The molecule has 0 saturated carbocycles. The van der Waals surface area contributed by atoms with Crippen LogP contribution in [0.1, 0.15) is 27.2 Å². The number of rotatable bonds is 9. The summed E-state index contributed by atoms with van der Waals surface area (Å²) in [6.45, 7) is 4.39. The predicted octanol–water partition coefficient (Wildman–Crippen LogP) is 0.266. The van der Waals surface area contributed by atoms with Crippen molar-refractivity contribution in [3.8, 4) is 0 Å². The third kappa shape index (κ3) is 5.58. The minimum Gasteiger partial charge on any atom is -0.461 e. The van der Waals surface area contributed by atoms with Crippen molar-refractivity contribution in [2.24, 2.45) is 5.73 Å². The molecule has 7 atom stereocenters. The molecule has 13 nitrogen and oxygen atoms in total. The van der Waals surface area contributed by atoms with Gasteiger partial charge in [-0.25, -0.2) is 9.36 Å². The molecule has 0 aromatic carbocycles. The van der Waals surface area contributed by atoms with Crippen molar-refractivity contribution in [1.29, 1.82) is 0 Å². The first-order valence-electron chi connectivity index (χ1n) is 10.7. The van der Waals surface area contributed by atoms with Gasteiger partial charge >= 0.3 is 13.8 Å². The van der Waals surface area contributed by atoms with Crippen molar-refractivity contribution in [3.05, 3.63) is 12.3 Å². The van der Waals surface area contributed by atoms with Gasteiger partial charge in [0.15, 0.2) is 18.1 Å². The van der Waals surface area contributed by atoms with E-state index in [1.54, 1.807) is 20.8 Å². The Morgan fingerprint density at radius 2 is 2.03 bits per heavy atom. The second-order valence-electron chi connectivity index (χ2n) is 8.63. The van der Waals surface area contributed by atoms with Gasteiger partial charge in [-0.15, -0.1) is 0 Å². The van der Waals surface area contributed by atoms with Crippen molar-refractivity contribution in [3.63, 3.8) is 0 Å². The molecule has 192 valence electrons. The van der Waals surface area contributed by atoms with Gasteiger partial charge in [0.25, 0.3) is 0 Å². The van der Waals surface area contributed by atoms with Crippen LogP contribution in [0.5, 0.6) is 0 Å². The summed E-state index contributed by atoms with van der Waals surface area (Å²) in [5, 5.41) is 0. The second kappa shape index (κ2) is 10.5.